The van der Waals surface area contributed by atoms with Crippen molar-refractivity contribution in [1.29, 1.82) is 0 Å². The highest BCUT2D eigenvalue weighted by molar-refractivity contribution is 5.97. The van der Waals surface area contributed by atoms with Gasteiger partial charge in [0.25, 0.3) is 0 Å². The van der Waals surface area contributed by atoms with Crippen molar-refractivity contribution in [2.45, 2.75) is 12.8 Å². The molecule has 0 fully saturated rings. The molecule has 0 unspecified atom stereocenters. The number of terminal acetylenes is 1. The molecular formula is C12H13N3O. The number of guanidine groups is 1. The molecule has 1 rings (SSSR count). The van der Waals surface area contributed by atoms with E-state index in [9.17, 15) is 4.79 Å². The topological polar surface area (TPSA) is 67.5 Å². The van der Waals surface area contributed by atoms with E-state index in [0.29, 0.717) is 12.1 Å². The molecule has 4 nitrogen and oxygen atoms in total. The first-order valence-corrected chi connectivity index (χ1v) is 4.85. The number of nitrogens with zero attached hydrogens (tertiary/aromatic N) is 1. The van der Waals surface area contributed by atoms with Crippen LogP contribution in [-0.2, 0) is 4.79 Å². The zero-order valence-corrected chi connectivity index (χ0v) is 8.81. The minimum atomic E-state index is -0.227. The lowest BCUT2D eigenvalue weighted by Crippen LogP contribution is -2.36. The maximum Gasteiger partial charge on any atom is 0.227 e. The molecule has 0 saturated heterocycles. The van der Waals surface area contributed by atoms with Gasteiger partial charge in [-0.2, -0.15) is 0 Å². The fourth-order valence-corrected chi connectivity index (χ4v) is 1.06. The predicted octanol–water partition coefficient (Wildman–Crippen LogP) is 1.16. The second-order valence-electron chi connectivity index (χ2n) is 3.08. The van der Waals surface area contributed by atoms with Gasteiger partial charge in [0.1, 0.15) is 0 Å². The summed E-state index contributed by atoms with van der Waals surface area (Å²) in [4.78, 5) is 15.3. The van der Waals surface area contributed by atoms with Crippen LogP contribution in [0.4, 0.5) is 5.69 Å². The fraction of sp³-hybridized carbons (Fsp3) is 0.167. The normalized spacial score (nSPS) is 10.6. The monoisotopic (exact) mass is 215 g/mol. The summed E-state index contributed by atoms with van der Waals surface area (Å²) in [6, 6.07) is 9.14. The average molecular weight is 215 g/mol. The minimum absolute atomic E-state index is 0.0771. The lowest BCUT2D eigenvalue weighted by Gasteiger charge is -2.02. The van der Waals surface area contributed by atoms with Gasteiger partial charge in [-0.05, 0) is 12.1 Å². The van der Waals surface area contributed by atoms with E-state index < -0.39 is 0 Å². The summed E-state index contributed by atoms with van der Waals surface area (Å²) in [5, 5.41) is 2.46. The number of para-hydroxylation sites is 1. The molecule has 0 saturated carbocycles. The molecular weight excluding hydrogens is 202 g/mol. The van der Waals surface area contributed by atoms with Crippen LogP contribution in [0.2, 0.25) is 0 Å². The standard InChI is InChI=1S/C12H13N3O/c1-2-3-9-11(16)15-12(13)14-10-7-5-4-6-8-10/h1,4-8H,3,9H2,(H3,13,14,15,16). The summed E-state index contributed by atoms with van der Waals surface area (Å²) in [6.45, 7) is 0. The molecule has 3 N–H and O–H groups in total. The summed E-state index contributed by atoms with van der Waals surface area (Å²) >= 11 is 0. The van der Waals surface area contributed by atoms with E-state index >= 15 is 0 Å². The van der Waals surface area contributed by atoms with Crippen LogP contribution in [0.5, 0.6) is 0 Å². The number of rotatable bonds is 3. The Morgan fingerprint density at radius 1 is 1.44 bits per heavy atom. The quantitative estimate of drug-likeness (QED) is 0.451. The van der Waals surface area contributed by atoms with E-state index in [2.05, 4.69) is 16.2 Å². The summed E-state index contributed by atoms with van der Waals surface area (Å²) in [6.07, 6.45) is 5.68. The third-order valence-corrected chi connectivity index (χ3v) is 1.77. The van der Waals surface area contributed by atoms with Crippen molar-refractivity contribution < 1.29 is 4.79 Å². The zero-order valence-electron chi connectivity index (χ0n) is 8.81. The highest BCUT2D eigenvalue weighted by Gasteiger charge is 2.01. The first-order chi connectivity index (χ1) is 7.72. The van der Waals surface area contributed by atoms with Crippen molar-refractivity contribution in [3.8, 4) is 12.3 Å². The Balaban J connectivity index is 2.53. The van der Waals surface area contributed by atoms with Crippen LogP contribution in [-0.4, -0.2) is 11.9 Å². The first-order valence-electron chi connectivity index (χ1n) is 4.85. The van der Waals surface area contributed by atoms with Crippen molar-refractivity contribution in [3.05, 3.63) is 30.3 Å². The zero-order chi connectivity index (χ0) is 11.8. The van der Waals surface area contributed by atoms with Gasteiger partial charge in [-0.3, -0.25) is 10.1 Å². The molecule has 0 aliphatic carbocycles. The molecule has 0 radical (unpaired) electrons. The second kappa shape index (κ2) is 6.25. The van der Waals surface area contributed by atoms with Gasteiger partial charge in [-0.25, -0.2) is 4.99 Å². The Hall–Kier alpha value is -2.28. The molecule has 1 aromatic carbocycles. The van der Waals surface area contributed by atoms with Crippen molar-refractivity contribution in [2.24, 2.45) is 10.7 Å². The molecule has 0 aliphatic rings. The van der Waals surface area contributed by atoms with E-state index in [4.69, 9.17) is 12.2 Å². The van der Waals surface area contributed by atoms with Crippen LogP contribution in [0.3, 0.4) is 0 Å². The number of hydrogen-bond donors (Lipinski definition) is 2. The lowest BCUT2D eigenvalue weighted by atomic mass is 10.3. The van der Waals surface area contributed by atoms with E-state index in [1.807, 2.05) is 18.2 Å². The Morgan fingerprint density at radius 2 is 2.12 bits per heavy atom. The summed E-state index contributed by atoms with van der Waals surface area (Å²) < 4.78 is 0. The minimum Gasteiger partial charge on any atom is -0.369 e. The number of amides is 1. The SMILES string of the molecule is C#CCCC(=O)NC(N)=Nc1ccccc1. The Bertz CT molecular complexity index is 418. The Labute approximate surface area is 94.6 Å². The van der Waals surface area contributed by atoms with Crippen LogP contribution in [0, 0.1) is 12.3 Å². The lowest BCUT2D eigenvalue weighted by molar-refractivity contribution is -0.119. The highest BCUT2D eigenvalue weighted by atomic mass is 16.1. The number of nitrogens with one attached hydrogen (secondary N) is 1. The molecule has 1 amide bonds. The molecule has 0 spiro atoms. The Morgan fingerprint density at radius 3 is 2.75 bits per heavy atom. The van der Waals surface area contributed by atoms with Gasteiger partial charge in [-0.1, -0.05) is 18.2 Å². The van der Waals surface area contributed by atoms with Crippen LogP contribution in [0.15, 0.2) is 35.3 Å². The third kappa shape index (κ3) is 4.29. The molecule has 0 aliphatic heterocycles. The van der Waals surface area contributed by atoms with Crippen LogP contribution < -0.4 is 11.1 Å². The van der Waals surface area contributed by atoms with Crippen LogP contribution in [0.25, 0.3) is 0 Å². The van der Waals surface area contributed by atoms with E-state index in [1.54, 1.807) is 12.1 Å². The maximum absolute atomic E-state index is 11.2. The highest BCUT2D eigenvalue weighted by Crippen LogP contribution is 2.08. The first kappa shape index (κ1) is 11.8. The molecule has 0 bridgehead atoms. The molecule has 0 atom stereocenters. The van der Waals surface area contributed by atoms with Crippen molar-refractivity contribution in [3.63, 3.8) is 0 Å². The summed E-state index contributed by atoms with van der Waals surface area (Å²) in [5.41, 5.74) is 6.24. The van der Waals surface area contributed by atoms with Gasteiger partial charge in [0, 0.05) is 12.8 Å². The number of carbonyl (C=O) groups excluding carboxylic acids is 1. The maximum atomic E-state index is 11.2. The molecule has 82 valence electrons. The van der Waals surface area contributed by atoms with Gasteiger partial charge in [0.05, 0.1) is 5.69 Å². The van der Waals surface area contributed by atoms with E-state index in [-0.39, 0.29) is 18.3 Å². The third-order valence-electron chi connectivity index (χ3n) is 1.77. The average Bonchev–Trinajstić information content (AvgIpc) is 2.27. The van der Waals surface area contributed by atoms with Crippen molar-refractivity contribution >= 4 is 17.6 Å². The van der Waals surface area contributed by atoms with Gasteiger partial charge in [0.2, 0.25) is 11.9 Å². The molecule has 1 aromatic rings. The fourth-order valence-electron chi connectivity index (χ4n) is 1.06. The van der Waals surface area contributed by atoms with Crippen molar-refractivity contribution in [2.75, 3.05) is 0 Å². The number of aliphatic imine (C=N–C) groups is 1. The van der Waals surface area contributed by atoms with Gasteiger partial charge in [0.15, 0.2) is 0 Å². The molecule has 0 heterocycles. The Kier molecular flexibility index (Phi) is 4.61. The number of benzene rings is 1. The van der Waals surface area contributed by atoms with E-state index in [1.165, 1.54) is 0 Å². The second-order valence-corrected chi connectivity index (χ2v) is 3.08. The van der Waals surface area contributed by atoms with Gasteiger partial charge < -0.3 is 5.73 Å². The van der Waals surface area contributed by atoms with E-state index in [0.717, 1.165) is 0 Å². The van der Waals surface area contributed by atoms with Gasteiger partial charge >= 0.3 is 0 Å². The van der Waals surface area contributed by atoms with Crippen LogP contribution >= 0.6 is 0 Å². The summed E-state index contributed by atoms with van der Waals surface area (Å²) in [7, 11) is 0. The molecule has 0 aromatic heterocycles. The van der Waals surface area contributed by atoms with Crippen molar-refractivity contribution in [1.82, 2.24) is 5.32 Å². The smallest absolute Gasteiger partial charge is 0.227 e. The number of hydrogen-bond acceptors (Lipinski definition) is 2. The number of nitrogens with two attached hydrogens (primary N) is 1. The largest absolute Gasteiger partial charge is 0.369 e. The number of carbonyl (C=O) groups is 1. The van der Waals surface area contributed by atoms with Crippen LogP contribution in [0.1, 0.15) is 12.8 Å². The summed E-state index contributed by atoms with van der Waals surface area (Å²) in [5.74, 6) is 2.23. The predicted molar refractivity (Wildman–Crippen MR) is 63.9 cm³/mol. The molecule has 16 heavy (non-hydrogen) atoms. The molecule has 4 heteroatoms. The van der Waals surface area contributed by atoms with Gasteiger partial charge in [-0.15, -0.1) is 12.3 Å².